The summed E-state index contributed by atoms with van der Waals surface area (Å²) in [4.78, 5) is 10.9. The number of anilines is 1. The van der Waals surface area contributed by atoms with Crippen molar-refractivity contribution in [3.8, 4) is 0 Å². The molecule has 1 unspecified atom stereocenters. The summed E-state index contributed by atoms with van der Waals surface area (Å²) >= 11 is 0. The average Bonchev–Trinajstić information content (AvgIpc) is 2.91. The lowest BCUT2D eigenvalue weighted by Gasteiger charge is -2.12. The number of ether oxygens (including phenoxy) is 1. The molecular formula is C13H18N2O5S. The SMILES string of the molecule is Nc1ccc(S(=O)(=O)NCCC2CCCO2)c(C(=O)O)c1. The number of nitrogens with two attached hydrogens (primary N) is 1. The fourth-order valence-electron chi connectivity index (χ4n) is 2.25. The van der Waals surface area contributed by atoms with Crippen molar-refractivity contribution in [2.75, 3.05) is 18.9 Å². The van der Waals surface area contributed by atoms with Crippen LogP contribution in [0, 0.1) is 0 Å². The molecule has 7 nitrogen and oxygen atoms in total. The highest BCUT2D eigenvalue weighted by atomic mass is 32.2. The van der Waals surface area contributed by atoms with Crippen LogP contribution in [0.2, 0.25) is 0 Å². The minimum absolute atomic E-state index is 0.0676. The Bertz CT molecular complexity index is 623. The predicted molar refractivity (Wildman–Crippen MR) is 76.6 cm³/mol. The molecule has 0 aliphatic carbocycles. The summed E-state index contributed by atoms with van der Waals surface area (Å²) in [6.45, 7) is 0.912. The van der Waals surface area contributed by atoms with Crippen LogP contribution < -0.4 is 10.5 Å². The quantitative estimate of drug-likeness (QED) is 0.669. The highest BCUT2D eigenvalue weighted by Crippen LogP contribution is 2.19. The molecule has 1 saturated heterocycles. The standard InChI is InChI=1S/C13H18N2O5S/c14-9-3-4-12(11(8-9)13(16)17)21(18,19)15-6-5-10-2-1-7-20-10/h3-4,8,10,15H,1-2,5-7,14H2,(H,16,17). The number of carboxylic acids is 1. The molecule has 1 aromatic rings. The van der Waals surface area contributed by atoms with Crippen molar-refractivity contribution in [1.29, 1.82) is 0 Å². The Morgan fingerprint density at radius 1 is 1.48 bits per heavy atom. The van der Waals surface area contributed by atoms with E-state index in [-0.39, 0.29) is 28.8 Å². The van der Waals surface area contributed by atoms with Crippen LogP contribution in [0.4, 0.5) is 5.69 Å². The van der Waals surface area contributed by atoms with Crippen LogP contribution in [0.5, 0.6) is 0 Å². The molecule has 0 bridgehead atoms. The van der Waals surface area contributed by atoms with Crippen molar-refractivity contribution in [2.45, 2.75) is 30.3 Å². The van der Waals surface area contributed by atoms with Crippen LogP contribution in [0.3, 0.4) is 0 Å². The van der Waals surface area contributed by atoms with Gasteiger partial charge >= 0.3 is 5.97 Å². The zero-order valence-corrected chi connectivity index (χ0v) is 12.2. The highest BCUT2D eigenvalue weighted by Gasteiger charge is 2.23. The lowest BCUT2D eigenvalue weighted by molar-refractivity contribution is 0.0692. The molecule has 116 valence electrons. The van der Waals surface area contributed by atoms with E-state index in [1.165, 1.54) is 12.1 Å². The van der Waals surface area contributed by atoms with E-state index < -0.39 is 16.0 Å². The third-order valence-electron chi connectivity index (χ3n) is 3.31. The molecule has 0 aromatic heterocycles. The Morgan fingerprint density at radius 2 is 2.24 bits per heavy atom. The monoisotopic (exact) mass is 314 g/mol. The molecular weight excluding hydrogens is 296 g/mol. The minimum Gasteiger partial charge on any atom is -0.478 e. The maximum atomic E-state index is 12.2. The lowest BCUT2D eigenvalue weighted by Crippen LogP contribution is -2.28. The normalized spacial score (nSPS) is 18.8. The number of hydrogen-bond acceptors (Lipinski definition) is 5. The predicted octanol–water partition coefficient (Wildman–Crippen LogP) is 0.814. The average molecular weight is 314 g/mol. The molecule has 2 rings (SSSR count). The molecule has 4 N–H and O–H groups in total. The number of carbonyl (C=O) groups is 1. The molecule has 0 radical (unpaired) electrons. The minimum atomic E-state index is -3.89. The van der Waals surface area contributed by atoms with E-state index in [2.05, 4.69) is 4.72 Å². The summed E-state index contributed by atoms with van der Waals surface area (Å²) < 4.78 is 32.2. The van der Waals surface area contributed by atoms with Crippen molar-refractivity contribution in [2.24, 2.45) is 0 Å². The van der Waals surface area contributed by atoms with Crippen LogP contribution in [0.1, 0.15) is 29.6 Å². The van der Waals surface area contributed by atoms with Gasteiger partial charge in [-0.2, -0.15) is 0 Å². The number of aromatic carboxylic acids is 1. The van der Waals surface area contributed by atoms with Gasteiger partial charge in [0.2, 0.25) is 10.0 Å². The number of rotatable bonds is 6. The van der Waals surface area contributed by atoms with Crippen molar-refractivity contribution >= 4 is 21.7 Å². The Balaban J connectivity index is 2.09. The van der Waals surface area contributed by atoms with Crippen LogP contribution in [-0.4, -0.2) is 38.7 Å². The first-order chi connectivity index (χ1) is 9.90. The molecule has 1 aliphatic heterocycles. The van der Waals surface area contributed by atoms with Crippen molar-refractivity contribution in [3.63, 3.8) is 0 Å². The summed E-state index contributed by atoms with van der Waals surface area (Å²) in [6.07, 6.45) is 2.54. The van der Waals surface area contributed by atoms with Crippen molar-refractivity contribution in [1.82, 2.24) is 4.72 Å². The van der Waals surface area contributed by atoms with Gasteiger partial charge in [0.25, 0.3) is 0 Å². The van der Waals surface area contributed by atoms with E-state index >= 15 is 0 Å². The summed E-state index contributed by atoms with van der Waals surface area (Å²) in [6, 6.07) is 3.70. The van der Waals surface area contributed by atoms with Crippen molar-refractivity contribution in [3.05, 3.63) is 23.8 Å². The van der Waals surface area contributed by atoms with E-state index in [0.717, 1.165) is 18.9 Å². The molecule has 1 atom stereocenters. The first-order valence-corrected chi connectivity index (χ1v) is 8.12. The highest BCUT2D eigenvalue weighted by molar-refractivity contribution is 7.89. The van der Waals surface area contributed by atoms with E-state index in [0.29, 0.717) is 13.0 Å². The first kappa shape index (κ1) is 15.7. The van der Waals surface area contributed by atoms with Gasteiger partial charge in [-0.15, -0.1) is 0 Å². The summed E-state index contributed by atoms with van der Waals surface area (Å²) in [5.74, 6) is -1.33. The summed E-state index contributed by atoms with van der Waals surface area (Å²) in [5.41, 5.74) is 5.36. The maximum absolute atomic E-state index is 12.2. The van der Waals surface area contributed by atoms with Gasteiger partial charge in [0, 0.05) is 18.8 Å². The zero-order valence-electron chi connectivity index (χ0n) is 11.4. The van der Waals surface area contributed by atoms with Gasteiger partial charge in [-0.3, -0.25) is 0 Å². The van der Waals surface area contributed by atoms with Gasteiger partial charge in [0.1, 0.15) is 0 Å². The fourth-order valence-corrected chi connectivity index (χ4v) is 3.48. The second-order valence-corrected chi connectivity index (χ2v) is 6.62. The molecule has 1 aromatic carbocycles. The van der Waals surface area contributed by atoms with E-state index in [1.54, 1.807) is 0 Å². The number of carboxylic acid groups (broad SMARTS) is 1. The van der Waals surface area contributed by atoms with Crippen LogP contribution >= 0.6 is 0 Å². The van der Waals surface area contributed by atoms with E-state index in [4.69, 9.17) is 15.6 Å². The molecule has 0 amide bonds. The number of nitrogens with one attached hydrogen (secondary N) is 1. The number of benzene rings is 1. The van der Waals surface area contributed by atoms with Gasteiger partial charge < -0.3 is 15.6 Å². The van der Waals surface area contributed by atoms with Crippen LogP contribution in [0.25, 0.3) is 0 Å². The molecule has 0 saturated carbocycles. The van der Waals surface area contributed by atoms with Gasteiger partial charge in [0.05, 0.1) is 16.6 Å². The molecule has 8 heteroatoms. The Hall–Kier alpha value is -1.64. The second kappa shape index (κ2) is 6.42. The van der Waals surface area contributed by atoms with Crippen LogP contribution in [0.15, 0.2) is 23.1 Å². The fraction of sp³-hybridized carbons (Fsp3) is 0.462. The van der Waals surface area contributed by atoms with Crippen molar-refractivity contribution < 1.29 is 23.1 Å². The molecule has 1 aliphatic rings. The Labute approximate surface area is 123 Å². The summed E-state index contributed by atoms with van der Waals surface area (Å²) in [7, 11) is -3.89. The number of hydrogen-bond donors (Lipinski definition) is 3. The van der Waals surface area contributed by atoms with E-state index in [1.807, 2.05) is 0 Å². The summed E-state index contributed by atoms with van der Waals surface area (Å²) in [5, 5.41) is 9.08. The zero-order chi connectivity index (χ0) is 15.5. The van der Waals surface area contributed by atoms with E-state index in [9.17, 15) is 13.2 Å². The topological polar surface area (TPSA) is 119 Å². The van der Waals surface area contributed by atoms with Gasteiger partial charge in [-0.05, 0) is 37.5 Å². The largest absolute Gasteiger partial charge is 0.478 e. The molecule has 21 heavy (non-hydrogen) atoms. The lowest BCUT2D eigenvalue weighted by atomic mass is 10.2. The van der Waals surface area contributed by atoms with Gasteiger partial charge in [0.15, 0.2) is 0 Å². The smallest absolute Gasteiger partial charge is 0.337 e. The maximum Gasteiger partial charge on any atom is 0.337 e. The Kier molecular flexibility index (Phi) is 4.81. The number of sulfonamides is 1. The second-order valence-electron chi connectivity index (χ2n) is 4.88. The molecule has 1 fully saturated rings. The first-order valence-electron chi connectivity index (χ1n) is 6.64. The molecule has 0 spiro atoms. The van der Waals surface area contributed by atoms with Gasteiger partial charge in [-0.25, -0.2) is 17.9 Å². The molecule has 1 heterocycles. The Morgan fingerprint density at radius 3 is 2.86 bits per heavy atom. The van der Waals surface area contributed by atoms with Crippen LogP contribution in [-0.2, 0) is 14.8 Å². The third-order valence-corrected chi connectivity index (χ3v) is 4.83. The van der Waals surface area contributed by atoms with Gasteiger partial charge in [-0.1, -0.05) is 0 Å². The number of nitrogen functional groups attached to an aromatic ring is 1. The third kappa shape index (κ3) is 3.93.